The number of aliphatic hydroxyl groups excluding tert-OH is 1. The van der Waals surface area contributed by atoms with Gasteiger partial charge in [0.15, 0.2) is 0 Å². The van der Waals surface area contributed by atoms with Crippen LogP contribution < -0.4 is 0 Å². The van der Waals surface area contributed by atoms with Gasteiger partial charge in [-0.1, -0.05) is 71.1 Å². The molecule has 0 saturated heterocycles. The van der Waals surface area contributed by atoms with E-state index in [1.54, 1.807) is 0 Å². The molecule has 0 atom stereocenters. The van der Waals surface area contributed by atoms with E-state index in [2.05, 4.69) is 6.92 Å². The average molecular weight is 449 g/mol. The van der Waals surface area contributed by atoms with Crippen LogP contribution in [-0.4, -0.2) is 77.1 Å². The van der Waals surface area contributed by atoms with Gasteiger partial charge in [0, 0.05) is 6.42 Å². The zero-order chi connectivity index (χ0) is 22.7. The molecule has 0 aromatic heterocycles. The van der Waals surface area contributed by atoms with E-state index in [4.69, 9.17) is 28.8 Å². The summed E-state index contributed by atoms with van der Waals surface area (Å²) in [6.45, 7) is 6.23. The number of aliphatic hydroxyl groups is 1. The summed E-state index contributed by atoms with van der Waals surface area (Å²) in [5.41, 5.74) is 0. The van der Waals surface area contributed by atoms with Crippen molar-refractivity contribution in [3.8, 4) is 0 Å². The summed E-state index contributed by atoms with van der Waals surface area (Å²) in [5, 5.41) is 8.54. The van der Waals surface area contributed by atoms with Gasteiger partial charge in [-0.3, -0.25) is 4.79 Å². The molecule has 0 aromatic carbocycles. The summed E-state index contributed by atoms with van der Waals surface area (Å²) >= 11 is 0. The van der Waals surface area contributed by atoms with E-state index in [0.717, 1.165) is 12.8 Å². The standard InChI is InChI=1S/C24H48O7/c1-2-3-4-5-6-7-8-9-10-11-12-13-24(26)31-23-22-30-21-20-29-19-18-28-17-16-27-15-14-25/h25H,2-23H2,1H3. The third kappa shape index (κ3) is 27.2. The summed E-state index contributed by atoms with van der Waals surface area (Å²) < 4.78 is 26.3. The molecule has 31 heavy (non-hydrogen) atoms. The van der Waals surface area contributed by atoms with E-state index in [1.165, 1.54) is 57.8 Å². The highest BCUT2D eigenvalue weighted by molar-refractivity contribution is 5.69. The van der Waals surface area contributed by atoms with Crippen molar-refractivity contribution in [1.82, 2.24) is 0 Å². The lowest BCUT2D eigenvalue weighted by Gasteiger charge is -2.08. The Bertz CT molecular complexity index is 353. The van der Waals surface area contributed by atoms with Crippen molar-refractivity contribution in [2.75, 3.05) is 66.1 Å². The van der Waals surface area contributed by atoms with Crippen molar-refractivity contribution in [3.05, 3.63) is 0 Å². The van der Waals surface area contributed by atoms with Gasteiger partial charge < -0.3 is 28.8 Å². The minimum atomic E-state index is -0.129. The second-order valence-corrected chi connectivity index (χ2v) is 7.68. The molecule has 0 spiro atoms. The van der Waals surface area contributed by atoms with Gasteiger partial charge in [-0.25, -0.2) is 0 Å². The van der Waals surface area contributed by atoms with Crippen molar-refractivity contribution >= 4 is 5.97 Å². The Labute approximate surface area is 190 Å². The van der Waals surface area contributed by atoms with E-state index in [0.29, 0.717) is 65.9 Å². The lowest BCUT2D eigenvalue weighted by atomic mass is 10.1. The van der Waals surface area contributed by atoms with Crippen LogP contribution in [0.25, 0.3) is 0 Å². The lowest BCUT2D eigenvalue weighted by Crippen LogP contribution is -2.14. The molecule has 7 heteroatoms. The first kappa shape index (κ1) is 30.3. The number of carbonyl (C=O) groups excluding carboxylic acids is 1. The molecule has 1 N–H and O–H groups in total. The highest BCUT2D eigenvalue weighted by atomic mass is 16.6. The van der Waals surface area contributed by atoms with E-state index in [1.807, 2.05) is 0 Å². The van der Waals surface area contributed by atoms with Gasteiger partial charge in [0.1, 0.15) is 6.61 Å². The van der Waals surface area contributed by atoms with Crippen LogP contribution in [0.15, 0.2) is 0 Å². The largest absolute Gasteiger partial charge is 0.463 e. The Morgan fingerprint density at radius 3 is 1.39 bits per heavy atom. The first-order chi connectivity index (χ1) is 15.3. The summed E-state index contributed by atoms with van der Waals surface area (Å²) in [4.78, 5) is 11.7. The van der Waals surface area contributed by atoms with Crippen molar-refractivity contribution in [1.29, 1.82) is 0 Å². The number of hydrogen-bond donors (Lipinski definition) is 1. The van der Waals surface area contributed by atoms with Gasteiger partial charge in [0.05, 0.1) is 59.5 Å². The van der Waals surface area contributed by atoms with Gasteiger partial charge in [-0.2, -0.15) is 0 Å². The molecule has 186 valence electrons. The number of hydrogen-bond acceptors (Lipinski definition) is 7. The minimum absolute atomic E-state index is 0.0295. The van der Waals surface area contributed by atoms with E-state index < -0.39 is 0 Å². The first-order valence-electron chi connectivity index (χ1n) is 12.4. The van der Waals surface area contributed by atoms with Crippen molar-refractivity contribution in [2.45, 2.75) is 84.0 Å². The number of carbonyl (C=O) groups is 1. The molecule has 0 unspecified atom stereocenters. The third-order valence-electron chi connectivity index (χ3n) is 4.83. The predicted molar refractivity (Wildman–Crippen MR) is 122 cm³/mol. The Hall–Kier alpha value is -0.730. The van der Waals surface area contributed by atoms with Crippen LogP contribution in [0, 0.1) is 0 Å². The smallest absolute Gasteiger partial charge is 0.305 e. The van der Waals surface area contributed by atoms with Crippen LogP contribution in [0.1, 0.15) is 84.0 Å². The molecule has 7 nitrogen and oxygen atoms in total. The van der Waals surface area contributed by atoms with E-state index in [9.17, 15) is 4.79 Å². The van der Waals surface area contributed by atoms with E-state index in [-0.39, 0.29) is 12.6 Å². The third-order valence-corrected chi connectivity index (χ3v) is 4.83. The van der Waals surface area contributed by atoms with Crippen molar-refractivity contribution < 1.29 is 33.6 Å². The highest BCUT2D eigenvalue weighted by Gasteiger charge is 2.02. The first-order valence-corrected chi connectivity index (χ1v) is 12.4. The molecule has 0 aliphatic heterocycles. The van der Waals surface area contributed by atoms with Crippen molar-refractivity contribution in [2.24, 2.45) is 0 Å². The molecule has 0 radical (unpaired) electrons. The molecule has 0 rings (SSSR count). The monoisotopic (exact) mass is 448 g/mol. The van der Waals surface area contributed by atoms with Crippen LogP contribution in [0.2, 0.25) is 0 Å². The molecule has 0 aromatic rings. The summed E-state index contributed by atoms with van der Waals surface area (Å²) in [6.07, 6.45) is 14.5. The number of ether oxygens (including phenoxy) is 5. The fraction of sp³-hybridized carbons (Fsp3) is 0.958. The summed E-state index contributed by atoms with van der Waals surface area (Å²) in [7, 11) is 0. The maximum absolute atomic E-state index is 11.7. The van der Waals surface area contributed by atoms with Gasteiger partial charge in [0.25, 0.3) is 0 Å². The van der Waals surface area contributed by atoms with Gasteiger partial charge >= 0.3 is 5.97 Å². The van der Waals surface area contributed by atoms with Gasteiger partial charge in [-0.15, -0.1) is 0 Å². The van der Waals surface area contributed by atoms with Crippen LogP contribution in [-0.2, 0) is 28.5 Å². The fourth-order valence-electron chi connectivity index (χ4n) is 3.05. The Balaban J connectivity index is 3.13. The fourth-order valence-corrected chi connectivity index (χ4v) is 3.05. The van der Waals surface area contributed by atoms with Crippen LogP contribution >= 0.6 is 0 Å². The number of esters is 1. The average Bonchev–Trinajstić information content (AvgIpc) is 2.77. The minimum Gasteiger partial charge on any atom is -0.463 e. The predicted octanol–water partition coefficient (Wildman–Crippen LogP) is 4.29. The second kappa shape index (κ2) is 27.3. The number of rotatable bonds is 26. The Morgan fingerprint density at radius 1 is 0.548 bits per heavy atom. The van der Waals surface area contributed by atoms with Crippen molar-refractivity contribution in [3.63, 3.8) is 0 Å². The second-order valence-electron chi connectivity index (χ2n) is 7.68. The maximum atomic E-state index is 11.7. The molecular formula is C24H48O7. The SMILES string of the molecule is CCCCCCCCCCCCCC(=O)OCCOCCOCCOCCOCCO. The zero-order valence-electron chi connectivity index (χ0n) is 20.0. The molecule has 0 saturated carbocycles. The van der Waals surface area contributed by atoms with E-state index >= 15 is 0 Å². The Kier molecular flexibility index (Phi) is 26.7. The molecule has 0 aliphatic carbocycles. The highest BCUT2D eigenvalue weighted by Crippen LogP contribution is 2.12. The van der Waals surface area contributed by atoms with Crippen LogP contribution in [0.5, 0.6) is 0 Å². The topological polar surface area (TPSA) is 83.5 Å². The van der Waals surface area contributed by atoms with Crippen LogP contribution in [0.4, 0.5) is 0 Å². The van der Waals surface area contributed by atoms with Gasteiger partial charge in [0.2, 0.25) is 0 Å². The number of unbranched alkanes of at least 4 members (excludes halogenated alkanes) is 10. The summed E-state index contributed by atoms with van der Waals surface area (Å²) in [6, 6.07) is 0. The maximum Gasteiger partial charge on any atom is 0.305 e. The van der Waals surface area contributed by atoms with Gasteiger partial charge in [-0.05, 0) is 6.42 Å². The molecule has 0 aliphatic rings. The Morgan fingerprint density at radius 2 is 0.935 bits per heavy atom. The zero-order valence-corrected chi connectivity index (χ0v) is 20.0. The molecular weight excluding hydrogens is 400 g/mol. The quantitative estimate of drug-likeness (QED) is 0.156. The lowest BCUT2D eigenvalue weighted by molar-refractivity contribution is -0.145. The molecule has 0 bridgehead atoms. The van der Waals surface area contributed by atoms with Crippen LogP contribution in [0.3, 0.4) is 0 Å². The normalized spacial score (nSPS) is 11.2. The molecule has 0 fully saturated rings. The molecule has 0 heterocycles. The molecule has 0 amide bonds. The summed E-state index contributed by atoms with van der Waals surface area (Å²) in [5.74, 6) is -0.129.